The second kappa shape index (κ2) is 8.35. The third-order valence-electron chi connectivity index (χ3n) is 4.76. The van der Waals surface area contributed by atoms with E-state index in [0.717, 1.165) is 16.2 Å². The van der Waals surface area contributed by atoms with Crippen molar-refractivity contribution in [1.29, 1.82) is 0 Å². The summed E-state index contributed by atoms with van der Waals surface area (Å²) >= 11 is 2.39. The number of thioether (sulfide) groups is 1. The molecule has 2 aromatic rings. The lowest BCUT2D eigenvalue weighted by molar-refractivity contribution is -0.689. The molecule has 0 bridgehead atoms. The van der Waals surface area contributed by atoms with Crippen molar-refractivity contribution in [2.24, 2.45) is 5.16 Å². The molecule has 1 fully saturated rings. The fraction of sp³-hybridized carbons (Fsp3) is 0.222. The molecule has 2 atom stereocenters. The maximum absolute atomic E-state index is 12.7. The number of β-lactam (4-membered cyclic amide) rings is 1. The van der Waals surface area contributed by atoms with E-state index >= 15 is 0 Å². The maximum Gasteiger partial charge on any atom is 0.276 e. The summed E-state index contributed by atoms with van der Waals surface area (Å²) in [4.78, 5) is 42.1. The van der Waals surface area contributed by atoms with Gasteiger partial charge >= 0.3 is 0 Å². The highest BCUT2D eigenvalue weighted by Gasteiger charge is 2.53. The lowest BCUT2D eigenvalue weighted by Crippen LogP contribution is -2.71. The van der Waals surface area contributed by atoms with Crippen LogP contribution < -0.4 is 20.7 Å². The number of aromatic nitrogens is 2. The number of pyridine rings is 1. The van der Waals surface area contributed by atoms with E-state index in [1.165, 1.54) is 17.1 Å². The third-order valence-corrected chi connectivity index (χ3v) is 6.77. The molecule has 2 aliphatic heterocycles. The molecule has 0 aliphatic carbocycles. The molecular formula is C18H16N6O5S2. The number of anilines is 1. The molecule has 2 aromatic heterocycles. The molecule has 4 heterocycles. The van der Waals surface area contributed by atoms with Crippen LogP contribution in [0, 0.1) is 0 Å². The van der Waals surface area contributed by atoms with Crippen LogP contribution in [-0.4, -0.2) is 55.8 Å². The molecule has 0 saturated carbocycles. The fourth-order valence-corrected chi connectivity index (χ4v) is 5.26. The summed E-state index contributed by atoms with van der Waals surface area (Å²) in [5.41, 5.74) is 5.57. The number of fused-ring (bicyclic) bond motifs is 1. The van der Waals surface area contributed by atoms with E-state index in [4.69, 9.17) is 5.73 Å². The largest absolute Gasteiger partial charge is 0.543 e. The Balaban J connectivity index is 1.52. The summed E-state index contributed by atoms with van der Waals surface area (Å²) in [6, 6.07) is 4.49. The number of carbonyl (C=O) groups is 3. The van der Waals surface area contributed by atoms with Crippen molar-refractivity contribution in [2.75, 3.05) is 11.5 Å². The van der Waals surface area contributed by atoms with Crippen LogP contribution in [0.4, 0.5) is 5.13 Å². The molecule has 1 saturated heterocycles. The highest BCUT2D eigenvalue weighted by Crippen LogP contribution is 2.40. The highest BCUT2D eigenvalue weighted by atomic mass is 32.2. The van der Waals surface area contributed by atoms with E-state index in [-0.39, 0.29) is 23.1 Å². The van der Waals surface area contributed by atoms with E-state index in [1.54, 1.807) is 17.0 Å². The van der Waals surface area contributed by atoms with Gasteiger partial charge in [-0.05, 0) is 0 Å². The van der Waals surface area contributed by atoms with Crippen molar-refractivity contribution >= 4 is 51.7 Å². The summed E-state index contributed by atoms with van der Waals surface area (Å²) < 4.78 is 1.80. The van der Waals surface area contributed by atoms with Crippen LogP contribution in [-0.2, 0) is 20.9 Å². The summed E-state index contributed by atoms with van der Waals surface area (Å²) in [6.45, 7) is 0.289. The van der Waals surface area contributed by atoms with Gasteiger partial charge < -0.3 is 26.2 Å². The number of hydrogen-bond acceptors (Lipinski definition) is 10. The Bertz CT molecular complexity index is 1120. The average molecular weight is 460 g/mol. The van der Waals surface area contributed by atoms with E-state index in [2.05, 4.69) is 15.5 Å². The van der Waals surface area contributed by atoms with Crippen molar-refractivity contribution in [2.45, 2.75) is 18.0 Å². The van der Waals surface area contributed by atoms with E-state index < -0.39 is 34.9 Å². The zero-order valence-electron chi connectivity index (χ0n) is 15.8. The van der Waals surface area contributed by atoms with Gasteiger partial charge in [-0.15, -0.1) is 23.1 Å². The zero-order valence-corrected chi connectivity index (χ0v) is 17.4. The number of rotatable bonds is 6. The number of amides is 2. The molecule has 2 amide bonds. The zero-order chi connectivity index (χ0) is 22.1. The number of nitrogens with zero attached hydrogens (tertiary/aromatic N) is 4. The Morgan fingerprint density at radius 2 is 2.13 bits per heavy atom. The fourth-order valence-electron chi connectivity index (χ4n) is 3.37. The first-order valence-corrected chi connectivity index (χ1v) is 10.9. The second-order valence-corrected chi connectivity index (χ2v) is 8.66. The van der Waals surface area contributed by atoms with Crippen LogP contribution >= 0.6 is 23.1 Å². The van der Waals surface area contributed by atoms with Crippen molar-refractivity contribution in [3.8, 4) is 0 Å². The molecule has 160 valence electrons. The molecule has 1 unspecified atom stereocenters. The molecule has 0 spiro atoms. The number of carboxylic acids is 1. The quantitative estimate of drug-likeness (QED) is 0.151. The van der Waals surface area contributed by atoms with Crippen molar-refractivity contribution in [3.05, 3.63) is 52.9 Å². The van der Waals surface area contributed by atoms with Crippen LogP contribution in [0.15, 0.2) is 52.4 Å². The number of carboxylic acid groups (broad SMARTS) is 1. The Morgan fingerprint density at radius 1 is 1.39 bits per heavy atom. The van der Waals surface area contributed by atoms with Crippen LogP contribution in [0.25, 0.3) is 0 Å². The minimum atomic E-state index is -1.45. The van der Waals surface area contributed by atoms with Gasteiger partial charge in [-0.1, -0.05) is 11.2 Å². The normalized spacial score (nSPS) is 20.8. The number of oxime groups is 1. The van der Waals surface area contributed by atoms with Crippen LogP contribution in [0.5, 0.6) is 0 Å². The topological polar surface area (TPSA) is 165 Å². The van der Waals surface area contributed by atoms with E-state index in [0.29, 0.717) is 11.3 Å². The smallest absolute Gasteiger partial charge is 0.276 e. The van der Waals surface area contributed by atoms with Gasteiger partial charge in [0.25, 0.3) is 11.8 Å². The SMILES string of the molecule is Nc1nc(C(=NO)C(=O)NC2C(=O)N3C(C(=O)[O-])=C(C[n+]4ccccc4)CS[C@@H]23)cs1. The van der Waals surface area contributed by atoms with Gasteiger partial charge in [0, 0.05) is 28.8 Å². The summed E-state index contributed by atoms with van der Waals surface area (Å²) in [6.07, 6.45) is 3.58. The highest BCUT2D eigenvalue weighted by molar-refractivity contribution is 8.00. The number of nitrogens with one attached hydrogen (secondary N) is 1. The Hall–Kier alpha value is -3.45. The van der Waals surface area contributed by atoms with E-state index in [1.807, 2.05) is 18.2 Å². The Morgan fingerprint density at radius 3 is 2.74 bits per heavy atom. The lowest BCUT2D eigenvalue weighted by Gasteiger charge is -2.50. The molecule has 2 aliphatic rings. The number of carbonyl (C=O) groups excluding carboxylic acids is 3. The molecule has 11 nitrogen and oxygen atoms in total. The first-order chi connectivity index (χ1) is 14.9. The predicted molar refractivity (Wildman–Crippen MR) is 109 cm³/mol. The molecule has 0 aromatic carbocycles. The minimum absolute atomic E-state index is 0.0694. The molecular weight excluding hydrogens is 444 g/mol. The van der Waals surface area contributed by atoms with Crippen molar-refractivity contribution < 1.29 is 29.3 Å². The summed E-state index contributed by atoms with van der Waals surface area (Å²) in [5.74, 6) is -2.52. The third kappa shape index (κ3) is 3.84. The number of hydrogen-bond donors (Lipinski definition) is 3. The van der Waals surface area contributed by atoms with Gasteiger partial charge in [0.1, 0.15) is 17.1 Å². The summed E-state index contributed by atoms with van der Waals surface area (Å²) in [5, 5.41) is 27.5. The van der Waals surface area contributed by atoms with Gasteiger partial charge in [-0.3, -0.25) is 14.5 Å². The number of nitrogens with two attached hydrogens (primary N) is 1. The van der Waals surface area contributed by atoms with E-state index in [9.17, 15) is 24.7 Å². The lowest BCUT2D eigenvalue weighted by atomic mass is 10.0. The van der Waals surface area contributed by atoms with Gasteiger partial charge in [0.2, 0.25) is 0 Å². The monoisotopic (exact) mass is 460 g/mol. The van der Waals surface area contributed by atoms with Crippen molar-refractivity contribution in [1.82, 2.24) is 15.2 Å². The molecule has 13 heteroatoms. The second-order valence-electron chi connectivity index (χ2n) is 6.67. The van der Waals surface area contributed by atoms with Crippen LogP contribution in [0.2, 0.25) is 0 Å². The Labute approximate surface area is 183 Å². The predicted octanol–water partition coefficient (Wildman–Crippen LogP) is -1.70. The number of aliphatic carboxylic acids is 1. The van der Waals surface area contributed by atoms with Gasteiger partial charge in [-0.2, -0.15) is 0 Å². The maximum atomic E-state index is 12.7. The van der Waals surface area contributed by atoms with Gasteiger partial charge in [0.05, 0.1) is 11.7 Å². The number of nitrogen functional groups attached to an aromatic ring is 1. The van der Waals surface area contributed by atoms with Crippen molar-refractivity contribution in [3.63, 3.8) is 0 Å². The molecule has 4 rings (SSSR count). The Kier molecular flexibility index (Phi) is 5.61. The first kappa shape index (κ1) is 20.8. The van der Waals surface area contributed by atoms with Gasteiger partial charge in [0.15, 0.2) is 29.8 Å². The molecule has 0 radical (unpaired) electrons. The average Bonchev–Trinajstić information content (AvgIpc) is 3.18. The molecule has 31 heavy (non-hydrogen) atoms. The number of thiazole rings is 1. The van der Waals surface area contributed by atoms with Crippen LogP contribution in [0.3, 0.4) is 0 Å². The van der Waals surface area contributed by atoms with Crippen LogP contribution in [0.1, 0.15) is 5.69 Å². The molecule has 4 N–H and O–H groups in total. The standard InChI is InChI=1S/C18H16N6O5S2/c19-18-20-10(8-31-18)11(22-29)14(25)21-12-15(26)24-13(17(27)28)9(7-30-16(12)24)6-23-4-2-1-3-5-23/h1-5,8,12,16H,6-7H2,(H4-,19,20,21,25,27,28,29)/t12?,16-/m0/s1. The van der Waals surface area contributed by atoms with Gasteiger partial charge in [-0.25, -0.2) is 9.55 Å². The summed E-state index contributed by atoms with van der Waals surface area (Å²) in [7, 11) is 0. The first-order valence-electron chi connectivity index (χ1n) is 8.97. The minimum Gasteiger partial charge on any atom is -0.543 e.